The molecule has 0 N–H and O–H groups in total. The number of fused-ring (bicyclic) bond motifs is 1. The summed E-state index contributed by atoms with van der Waals surface area (Å²) >= 11 is 0. The van der Waals surface area contributed by atoms with Crippen molar-refractivity contribution in [2.24, 2.45) is 0 Å². The van der Waals surface area contributed by atoms with Crippen LogP contribution in [0.1, 0.15) is 16.7 Å². The van der Waals surface area contributed by atoms with E-state index in [0.29, 0.717) is 6.42 Å². The van der Waals surface area contributed by atoms with Gasteiger partial charge in [0, 0.05) is 43.3 Å². The summed E-state index contributed by atoms with van der Waals surface area (Å²) in [6.45, 7) is 7.24. The van der Waals surface area contributed by atoms with Gasteiger partial charge in [-0.25, -0.2) is 4.98 Å². The second-order valence-electron chi connectivity index (χ2n) is 6.93. The van der Waals surface area contributed by atoms with E-state index in [1.54, 1.807) is 12.5 Å². The minimum Gasteiger partial charge on any atom is -0.464 e. The highest BCUT2D eigenvalue weighted by Crippen LogP contribution is 2.25. The molecule has 0 bridgehead atoms. The summed E-state index contributed by atoms with van der Waals surface area (Å²) in [5.41, 5.74) is 4.25. The van der Waals surface area contributed by atoms with Gasteiger partial charge in [0.15, 0.2) is 0 Å². The van der Waals surface area contributed by atoms with Crippen LogP contribution >= 0.6 is 0 Å². The molecular formula is C21H23N3O2. The van der Waals surface area contributed by atoms with Crippen molar-refractivity contribution in [2.45, 2.75) is 20.3 Å². The fourth-order valence-corrected chi connectivity index (χ4v) is 3.47. The molecule has 3 aromatic rings. The van der Waals surface area contributed by atoms with E-state index in [1.165, 1.54) is 11.1 Å². The Bertz CT molecular complexity index is 925. The largest absolute Gasteiger partial charge is 0.464 e. The predicted molar refractivity (Wildman–Crippen MR) is 102 cm³/mol. The first-order valence-electron chi connectivity index (χ1n) is 9.03. The van der Waals surface area contributed by atoms with Crippen molar-refractivity contribution < 1.29 is 9.21 Å². The Balaban J connectivity index is 1.43. The molecule has 0 radical (unpaired) electrons. The molecule has 0 saturated carbocycles. The van der Waals surface area contributed by atoms with E-state index in [4.69, 9.17) is 4.42 Å². The van der Waals surface area contributed by atoms with Crippen LogP contribution < -0.4 is 4.90 Å². The summed E-state index contributed by atoms with van der Waals surface area (Å²) in [5.74, 6) is 1.14. The highest BCUT2D eigenvalue weighted by atomic mass is 16.3. The lowest BCUT2D eigenvalue weighted by molar-refractivity contribution is -0.130. The SMILES string of the molecule is Cc1cc2occ(CC(=O)N3CCN(c4ccccn4)CC3)c2cc1C. The molecule has 5 nitrogen and oxygen atoms in total. The van der Waals surface area contributed by atoms with Gasteiger partial charge in [-0.05, 0) is 49.2 Å². The van der Waals surface area contributed by atoms with Crippen molar-refractivity contribution in [1.29, 1.82) is 0 Å². The number of aryl methyl sites for hydroxylation is 2. The molecule has 1 aromatic carbocycles. The van der Waals surface area contributed by atoms with Gasteiger partial charge in [-0.1, -0.05) is 6.07 Å². The average molecular weight is 349 g/mol. The first-order valence-corrected chi connectivity index (χ1v) is 9.03. The summed E-state index contributed by atoms with van der Waals surface area (Å²) in [4.78, 5) is 21.3. The van der Waals surface area contributed by atoms with Gasteiger partial charge in [0.1, 0.15) is 11.4 Å². The van der Waals surface area contributed by atoms with Gasteiger partial charge in [0.25, 0.3) is 0 Å². The maximum atomic E-state index is 12.8. The summed E-state index contributed by atoms with van der Waals surface area (Å²) < 4.78 is 5.66. The average Bonchev–Trinajstić information content (AvgIpc) is 3.04. The van der Waals surface area contributed by atoms with Crippen molar-refractivity contribution >= 4 is 22.7 Å². The number of aromatic nitrogens is 1. The van der Waals surface area contributed by atoms with Crippen molar-refractivity contribution in [3.8, 4) is 0 Å². The first-order chi connectivity index (χ1) is 12.6. The van der Waals surface area contributed by atoms with Crippen LogP contribution in [-0.2, 0) is 11.2 Å². The molecule has 5 heteroatoms. The van der Waals surface area contributed by atoms with Gasteiger partial charge < -0.3 is 14.2 Å². The zero-order chi connectivity index (χ0) is 18.1. The van der Waals surface area contributed by atoms with E-state index < -0.39 is 0 Å². The summed E-state index contributed by atoms with van der Waals surface area (Å²) in [7, 11) is 0. The molecule has 0 spiro atoms. The van der Waals surface area contributed by atoms with E-state index in [2.05, 4.69) is 29.8 Å². The van der Waals surface area contributed by atoms with E-state index in [0.717, 1.165) is 48.5 Å². The molecule has 0 atom stereocenters. The molecular weight excluding hydrogens is 326 g/mol. The Morgan fingerprint density at radius 1 is 1.12 bits per heavy atom. The third-order valence-corrected chi connectivity index (χ3v) is 5.22. The number of rotatable bonds is 3. The van der Waals surface area contributed by atoms with Crippen LogP contribution in [0, 0.1) is 13.8 Å². The van der Waals surface area contributed by atoms with Crippen LogP contribution in [-0.4, -0.2) is 42.0 Å². The fourth-order valence-electron chi connectivity index (χ4n) is 3.47. The van der Waals surface area contributed by atoms with E-state index >= 15 is 0 Å². The van der Waals surface area contributed by atoms with E-state index in [-0.39, 0.29) is 5.91 Å². The van der Waals surface area contributed by atoms with Crippen molar-refractivity contribution in [3.63, 3.8) is 0 Å². The van der Waals surface area contributed by atoms with Crippen molar-refractivity contribution in [1.82, 2.24) is 9.88 Å². The van der Waals surface area contributed by atoms with Crippen LogP contribution in [0.15, 0.2) is 47.2 Å². The monoisotopic (exact) mass is 349 g/mol. The summed E-state index contributed by atoms with van der Waals surface area (Å²) in [5, 5.41) is 1.05. The highest BCUT2D eigenvalue weighted by molar-refractivity contribution is 5.88. The van der Waals surface area contributed by atoms with Crippen LogP contribution in [0.5, 0.6) is 0 Å². The zero-order valence-electron chi connectivity index (χ0n) is 15.2. The first kappa shape index (κ1) is 16.6. The number of benzene rings is 1. The third-order valence-electron chi connectivity index (χ3n) is 5.22. The zero-order valence-corrected chi connectivity index (χ0v) is 15.2. The Morgan fingerprint density at radius 2 is 1.88 bits per heavy atom. The summed E-state index contributed by atoms with van der Waals surface area (Å²) in [6, 6.07) is 10.1. The molecule has 2 aromatic heterocycles. The number of hydrogen-bond acceptors (Lipinski definition) is 4. The van der Waals surface area contributed by atoms with E-state index in [1.807, 2.05) is 29.2 Å². The lowest BCUT2D eigenvalue weighted by atomic mass is 10.0. The van der Waals surface area contributed by atoms with E-state index in [9.17, 15) is 4.79 Å². The lowest BCUT2D eigenvalue weighted by Gasteiger charge is -2.35. The van der Waals surface area contributed by atoms with Crippen LogP contribution in [0.3, 0.4) is 0 Å². The quantitative estimate of drug-likeness (QED) is 0.728. The topological polar surface area (TPSA) is 49.6 Å². The Hall–Kier alpha value is -2.82. The summed E-state index contributed by atoms with van der Waals surface area (Å²) in [6.07, 6.45) is 3.92. The molecule has 1 saturated heterocycles. The number of furan rings is 1. The molecule has 3 heterocycles. The third kappa shape index (κ3) is 3.17. The molecule has 134 valence electrons. The normalized spacial score (nSPS) is 14.8. The van der Waals surface area contributed by atoms with Crippen molar-refractivity contribution in [2.75, 3.05) is 31.1 Å². The second kappa shape index (κ2) is 6.83. The number of anilines is 1. The van der Waals surface area contributed by atoms with Gasteiger partial charge in [0.2, 0.25) is 5.91 Å². The van der Waals surface area contributed by atoms with Crippen LogP contribution in [0.2, 0.25) is 0 Å². The maximum absolute atomic E-state index is 12.8. The molecule has 1 aliphatic rings. The number of carbonyl (C=O) groups excluding carboxylic acids is 1. The van der Waals surface area contributed by atoms with Gasteiger partial charge in [-0.3, -0.25) is 4.79 Å². The van der Waals surface area contributed by atoms with Gasteiger partial charge in [0.05, 0.1) is 12.7 Å². The maximum Gasteiger partial charge on any atom is 0.227 e. The van der Waals surface area contributed by atoms with Gasteiger partial charge in [-0.2, -0.15) is 0 Å². The predicted octanol–water partition coefficient (Wildman–Crippen LogP) is 3.34. The van der Waals surface area contributed by atoms with Crippen molar-refractivity contribution in [3.05, 3.63) is 59.5 Å². The Labute approximate surface area is 153 Å². The number of carbonyl (C=O) groups is 1. The molecule has 0 unspecified atom stereocenters. The standard InChI is InChI=1S/C21H23N3O2/c1-15-11-18-17(14-26-19(18)12-16(15)2)13-21(25)24-9-7-23(8-10-24)20-5-3-4-6-22-20/h3-6,11-12,14H,7-10,13H2,1-2H3. The minimum atomic E-state index is 0.159. The Kier molecular flexibility index (Phi) is 4.37. The highest BCUT2D eigenvalue weighted by Gasteiger charge is 2.23. The van der Waals surface area contributed by atoms with Crippen LogP contribution in [0.4, 0.5) is 5.82 Å². The lowest BCUT2D eigenvalue weighted by Crippen LogP contribution is -2.49. The molecule has 1 aliphatic heterocycles. The van der Waals surface area contributed by atoms with Gasteiger partial charge >= 0.3 is 0 Å². The minimum absolute atomic E-state index is 0.159. The van der Waals surface area contributed by atoms with Crippen LogP contribution in [0.25, 0.3) is 11.0 Å². The number of nitrogens with zero attached hydrogens (tertiary/aromatic N) is 3. The smallest absolute Gasteiger partial charge is 0.227 e. The molecule has 1 amide bonds. The molecule has 0 aliphatic carbocycles. The fraction of sp³-hybridized carbons (Fsp3) is 0.333. The molecule has 4 rings (SSSR count). The number of pyridine rings is 1. The Morgan fingerprint density at radius 3 is 2.62 bits per heavy atom. The van der Waals surface area contributed by atoms with Gasteiger partial charge in [-0.15, -0.1) is 0 Å². The number of hydrogen-bond donors (Lipinski definition) is 0. The second-order valence-corrected chi connectivity index (χ2v) is 6.93. The number of piperazine rings is 1. The molecule has 26 heavy (non-hydrogen) atoms. The molecule has 1 fully saturated rings. The number of amides is 1.